The highest BCUT2D eigenvalue weighted by Crippen LogP contribution is 2.36. The Kier molecular flexibility index (Phi) is 16.7. The van der Waals surface area contributed by atoms with Crippen molar-refractivity contribution in [3.63, 3.8) is 0 Å². The van der Waals surface area contributed by atoms with Gasteiger partial charge in [-0.25, -0.2) is 0 Å². The first-order valence-electron chi connectivity index (χ1n) is 18.9. The van der Waals surface area contributed by atoms with Crippen molar-refractivity contribution in [3.8, 4) is 0 Å². The van der Waals surface area contributed by atoms with E-state index in [9.17, 15) is 76.0 Å². The van der Waals surface area contributed by atoms with Crippen molar-refractivity contribution < 1.29 is 119 Å². The number of hydrogen-bond acceptors (Lipinski definition) is 24. The summed E-state index contributed by atoms with van der Waals surface area (Å²) in [6.45, 7) is 0.185. The second-order valence-electron chi connectivity index (χ2n) is 15.0. The summed E-state index contributed by atoms with van der Waals surface area (Å²) in [6.07, 6.45) is -38.2. The molecule has 0 unspecified atom stereocenters. The first-order valence-corrected chi connectivity index (χ1v) is 18.9. The number of nitrogens with one attached hydrogen (secondary N) is 2. The van der Waals surface area contributed by atoms with Crippen LogP contribution in [0.1, 0.15) is 20.8 Å². The molecule has 0 aromatic rings. The number of aliphatic hydroxyl groups is 13. The van der Waals surface area contributed by atoms with Gasteiger partial charge in [0.05, 0.1) is 32.5 Å². The van der Waals surface area contributed by atoms with Crippen LogP contribution < -0.4 is 10.6 Å². The number of carbonyl (C=O) groups excluding carboxylic acids is 2. The van der Waals surface area contributed by atoms with Crippen LogP contribution in [0.2, 0.25) is 0 Å². The maximum absolute atomic E-state index is 12.6. The molecule has 0 radical (unpaired) electrons. The van der Waals surface area contributed by atoms with Crippen LogP contribution in [0.4, 0.5) is 0 Å². The van der Waals surface area contributed by atoms with Gasteiger partial charge in [-0.05, 0) is 6.92 Å². The molecule has 5 heterocycles. The third-order valence-corrected chi connectivity index (χ3v) is 10.7. The van der Waals surface area contributed by atoms with Gasteiger partial charge in [-0.15, -0.1) is 0 Å². The predicted octanol–water partition coefficient (Wildman–Crippen LogP) is -9.97. The lowest BCUT2D eigenvalue weighted by molar-refractivity contribution is -0.386. The highest BCUT2D eigenvalue weighted by molar-refractivity contribution is 5.73. The van der Waals surface area contributed by atoms with Crippen LogP contribution in [0.15, 0.2) is 0 Å². The molecule has 0 bridgehead atoms. The molecule has 0 saturated carbocycles. The summed E-state index contributed by atoms with van der Waals surface area (Å²) >= 11 is 0. The zero-order valence-electron chi connectivity index (χ0n) is 32.0. The lowest BCUT2D eigenvalue weighted by Gasteiger charge is -2.51. The number of aliphatic hydroxyl groups excluding tert-OH is 13. The molecule has 0 aromatic carbocycles. The molecule has 5 fully saturated rings. The molecule has 0 spiro atoms. The largest absolute Gasteiger partial charge is 0.394 e. The zero-order chi connectivity index (χ0) is 43.6. The van der Waals surface area contributed by atoms with E-state index in [1.165, 1.54) is 6.92 Å². The molecular formula is C33H56N2O24. The van der Waals surface area contributed by atoms with E-state index in [2.05, 4.69) is 10.6 Å². The van der Waals surface area contributed by atoms with E-state index in [1.807, 2.05) is 0 Å². The van der Waals surface area contributed by atoms with Crippen LogP contribution in [0, 0.1) is 0 Å². The van der Waals surface area contributed by atoms with Crippen LogP contribution in [0.3, 0.4) is 0 Å². The Bertz CT molecular complexity index is 1370. The van der Waals surface area contributed by atoms with Gasteiger partial charge in [0.25, 0.3) is 0 Å². The lowest BCUT2D eigenvalue weighted by atomic mass is 9.93. The summed E-state index contributed by atoms with van der Waals surface area (Å²) in [5, 5.41) is 142. The third-order valence-electron chi connectivity index (χ3n) is 10.7. The van der Waals surface area contributed by atoms with Gasteiger partial charge in [-0.1, -0.05) is 0 Å². The quantitative estimate of drug-likeness (QED) is 0.0817. The first kappa shape index (κ1) is 48.1. The molecule has 59 heavy (non-hydrogen) atoms. The lowest BCUT2D eigenvalue weighted by Crippen LogP contribution is -2.71. The minimum Gasteiger partial charge on any atom is -0.394 e. The van der Waals surface area contributed by atoms with Gasteiger partial charge in [-0.3, -0.25) is 9.59 Å². The van der Waals surface area contributed by atoms with E-state index in [-0.39, 0.29) is 0 Å². The van der Waals surface area contributed by atoms with Gasteiger partial charge in [0.1, 0.15) is 110 Å². The van der Waals surface area contributed by atoms with Crippen molar-refractivity contribution >= 4 is 11.8 Å². The average Bonchev–Trinajstić information content (AvgIpc) is 3.19. The standard InChI is InChI=1S/C33H56N2O24/c1-8-17(42)21(46)24(49)32(52-8)58-27-16(35-10(3)40)29(50)53-14(6-38)26(27)57-30-15(34-9(2)39)20(45)25(13(5-37)55-30)56-33-28(22(47)19(44)12(4-36)54-33)59-31-23(48)18(43)11(41)7-51-31/h8,11-33,36-38,41-50H,4-7H2,1-3H3,(H,34,39)(H,35,40)/t8-,11+,12+,13+,14+,15+,16+,17+,18-,19+,20+,21+,22-,23+,24-,25+,26+,27+,28-,29+,30-,31-,32-,33-/m0/s1. The molecule has 5 aliphatic rings. The minimum absolute atomic E-state index is 0.528. The number of amides is 2. The monoisotopic (exact) mass is 864 g/mol. The van der Waals surface area contributed by atoms with E-state index < -0.39 is 186 Å². The highest BCUT2D eigenvalue weighted by Gasteiger charge is 2.57. The van der Waals surface area contributed by atoms with Gasteiger partial charge >= 0.3 is 0 Å². The summed E-state index contributed by atoms with van der Waals surface area (Å²) in [5.41, 5.74) is 0. The van der Waals surface area contributed by atoms with Crippen molar-refractivity contribution in [1.29, 1.82) is 0 Å². The average molecular weight is 865 g/mol. The normalized spacial score (nSPS) is 49.6. The van der Waals surface area contributed by atoms with Gasteiger partial charge in [0.15, 0.2) is 31.5 Å². The maximum atomic E-state index is 12.6. The Morgan fingerprint density at radius 2 is 1.03 bits per heavy atom. The molecule has 342 valence electrons. The van der Waals surface area contributed by atoms with Crippen molar-refractivity contribution in [2.45, 2.75) is 168 Å². The molecule has 0 aromatic heterocycles. The second-order valence-corrected chi connectivity index (χ2v) is 15.0. The van der Waals surface area contributed by atoms with Gasteiger partial charge in [0.2, 0.25) is 11.8 Å². The number of ether oxygens (including phenoxy) is 9. The SMILES string of the molecule is CC(=O)N[C@@H]1[C@@H](O[C@@H]2O[C@@H](C)[C@@H](O)[C@@H](O)[C@@H]2O)[C@H](O[C@@H]2O[C@H](CO)[C@@H](O[C@@H]3O[C@H](CO)[C@@H](O)[C@H](O)[C@@H]3O[C@@H]3OC[C@@H](O)[C@H](O)[C@H]3O)[C@H](O)[C@H]2NC(C)=O)[C@@H](CO)O[C@H]1O. The van der Waals surface area contributed by atoms with Crippen molar-refractivity contribution in [2.24, 2.45) is 0 Å². The summed E-state index contributed by atoms with van der Waals surface area (Å²) in [4.78, 5) is 24.8. The summed E-state index contributed by atoms with van der Waals surface area (Å²) in [5.74, 6) is -1.52. The Morgan fingerprint density at radius 3 is 1.64 bits per heavy atom. The van der Waals surface area contributed by atoms with E-state index in [4.69, 9.17) is 42.6 Å². The fraction of sp³-hybridized carbons (Fsp3) is 0.939. The van der Waals surface area contributed by atoms with E-state index >= 15 is 0 Å². The maximum Gasteiger partial charge on any atom is 0.217 e. The van der Waals surface area contributed by atoms with Gasteiger partial charge < -0.3 is 120 Å². The Balaban J connectivity index is 1.45. The van der Waals surface area contributed by atoms with E-state index in [0.717, 1.165) is 13.8 Å². The van der Waals surface area contributed by atoms with Crippen LogP contribution >= 0.6 is 0 Å². The van der Waals surface area contributed by atoms with E-state index in [1.54, 1.807) is 0 Å². The molecule has 15 N–H and O–H groups in total. The smallest absolute Gasteiger partial charge is 0.217 e. The molecular weight excluding hydrogens is 808 g/mol. The minimum atomic E-state index is -1.97. The molecule has 26 heteroatoms. The third kappa shape index (κ3) is 10.5. The van der Waals surface area contributed by atoms with E-state index in [0.29, 0.717) is 0 Å². The van der Waals surface area contributed by atoms with Crippen LogP contribution in [-0.4, -0.2) is 252 Å². The van der Waals surface area contributed by atoms with Crippen LogP contribution in [-0.2, 0) is 52.2 Å². The fourth-order valence-corrected chi connectivity index (χ4v) is 7.48. The van der Waals surface area contributed by atoms with Crippen molar-refractivity contribution in [1.82, 2.24) is 10.6 Å². The summed E-state index contributed by atoms with van der Waals surface area (Å²) < 4.78 is 51.8. The zero-order valence-corrected chi connectivity index (χ0v) is 32.0. The van der Waals surface area contributed by atoms with Gasteiger partial charge in [-0.2, -0.15) is 0 Å². The second kappa shape index (κ2) is 20.5. The molecule has 24 atom stereocenters. The first-order chi connectivity index (χ1) is 27.8. The Morgan fingerprint density at radius 1 is 0.508 bits per heavy atom. The summed E-state index contributed by atoms with van der Waals surface area (Å²) in [6, 6.07) is -3.25. The van der Waals surface area contributed by atoms with Gasteiger partial charge in [0, 0.05) is 13.8 Å². The van der Waals surface area contributed by atoms with Crippen molar-refractivity contribution in [2.75, 3.05) is 26.4 Å². The van der Waals surface area contributed by atoms with Crippen molar-refractivity contribution in [3.05, 3.63) is 0 Å². The number of carbonyl (C=O) groups is 2. The molecule has 5 rings (SSSR count). The van der Waals surface area contributed by atoms with Crippen LogP contribution in [0.25, 0.3) is 0 Å². The Labute approximate surface area is 335 Å². The highest BCUT2D eigenvalue weighted by atomic mass is 16.8. The van der Waals surface area contributed by atoms with Crippen LogP contribution in [0.5, 0.6) is 0 Å². The number of rotatable bonds is 13. The topological polar surface area (TPSA) is 404 Å². The predicted molar refractivity (Wildman–Crippen MR) is 182 cm³/mol. The fourth-order valence-electron chi connectivity index (χ4n) is 7.48. The number of hydrogen-bond donors (Lipinski definition) is 15. The molecule has 5 aliphatic heterocycles. The summed E-state index contributed by atoms with van der Waals surface area (Å²) in [7, 11) is 0. The molecule has 0 aliphatic carbocycles. The molecule has 5 saturated heterocycles. The Hall–Kier alpha value is -1.94. The molecule has 2 amide bonds. The molecule has 26 nitrogen and oxygen atoms in total.